The third-order valence-corrected chi connectivity index (χ3v) is 9.18. The van der Waals surface area contributed by atoms with E-state index in [0.717, 1.165) is 43.6 Å². The van der Waals surface area contributed by atoms with Crippen LogP contribution in [0.25, 0.3) is 0 Å². The van der Waals surface area contributed by atoms with Gasteiger partial charge in [0.1, 0.15) is 6.04 Å². The first kappa shape index (κ1) is 26.9. The highest BCUT2D eigenvalue weighted by Crippen LogP contribution is 2.31. The molecule has 1 aromatic rings. The van der Waals surface area contributed by atoms with Gasteiger partial charge in [0.15, 0.2) is 0 Å². The standard InChI is InChI=1S/C26H41N5O4S/c1-28-12-10-19(11-13-28)23(29(2)20-7-4-3-5-8-20)25(33)31-15-14-30(26(34)35)18-22(31)24(32)27-17-21-9-6-16-36-21/h6,9,16,19-20,22-23H,3-5,7-8,10-15,17-18H2,1-2H3,(H,27,32)(H,34,35)/t22-,23?/m0/s1. The Hall–Kier alpha value is -2.17. The molecule has 3 amide bonds. The van der Waals surface area contributed by atoms with Crippen LogP contribution in [0.3, 0.4) is 0 Å². The Balaban J connectivity index is 1.55. The second-order valence-corrected chi connectivity index (χ2v) is 11.6. The van der Waals surface area contributed by atoms with E-state index in [1.165, 1.54) is 24.2 Å². The Morgan fingerprint density at radius 1 is 1.11 bits per heavy atom. The number of rotatable bonds is 7. The van der Waals surface area contributed by atoms with Crippen LogP contribution < -0.4 is 5.32 Å². The van der Waals surface area contributed by atoms with E-state index in [0.29, 0.717) is 12.6 Å². The Morgan fingerprint density at radius 3 is 2.47 bits per heavy atom. The molecule has 36 heavy (non-hydrogen) atoms. The Labute approximate surface area is 218 Å². The van der Waals surface area contributed by atoms with E-state index in [1.54, 1.807) is 16.2 Å². The summed E-state index contributed by atoms with van der Waals surface area (Å²) in [5.74, 6) is -0.0722. The van der Waals surface area contributed by atoms with E-state index in [4.69, 9.17) is 0 Å². The number of carbonyl (C=O) groups excluding carboxylic acids is 2. The third-order valence-electron chi connectivity index (χ3n) is 8.31. The summed E-state index contributed by atoms with van der Waals surface area (Å²) >= 11 is 1.56. The Morgan fingerprint density at radius 2 is 1.83 bits per heavy atom. The molecule has 2 N–H and O–H groups in total. The van der Waals surface area contributed by atoms with Crippen LogP contribution in [-0.2, 0) is 16.1 Å². The molecule has 0 spiro atoms. The summed E-state index contributed by atoms with van der Waals surface area (Å²) in [5, 5.41) is 14.5. The lowest BCUT2D eigenvalue weighted by Gasteiger charge is -2.47. The third kappa shape index (κ3) is 6.39. The van der Waals surface area contributed by atoms with Crippen molar-refractivity contribution in [1.82, 2.24) is 24.9 Å². The molecule has 2 saturated heterocycles. The molecular formula is C26H41N5O4S. The molecule has 9 nitrogen and oxygen atoms in total. The second kappa shape index (κ2) is 12.4. The van der Waals surface area contributed by atoms with Crippen molar-refractivity contribution in [2.75, 3.05) is 46.8 Å². The fourth-order valence-electron chi connectivity index (χ4n) is 6.09. The van der Waals surface area contributed by atoms with Crippen molar-refractivity contribution in [3.63, 3.8) is 0 Å². The van der Waals surface area contributed by atoms with Gasteiger partial charge in [-0.3, -0.25) is 14.5 Å². The van der Waals surface area contributed by atoms with Crippen molar-refractivity contribution in [2.45, 2.75) is 69.6 Å². The number of piperidine rings is 1. The molecule has 200 valence electrons. The normalized spacial score (nSPS) is 23.6. The molecular weight excluding hydrogens is 478 g/mol. The van der Waals surface area contributed by atoms with Gasteiger partial charge in [-0.2, -0.15) is 0 Å². The van der Waals surface area contributed by atoms with E-state index in [2.05, 4.69) is 29.2 Å². The number of hydrogen-bond acceptors (Lipinski definition) is 6. The first-order chi connectivity index (χ1) is 17.3. The highest BCUT2D eigenvalue weighted by atomic mass is 32.1. The maximum Gasteiger partial charge on any atom is 0.407 e. The lowest BCUT2D eigenvalue weighted by molar-refractivity contribution is -0.150. The van der Waals surface area contributed by atoms with Crippen molar-refractivity contribution in [1.29, 1.82) is 0 Å². The molecule has 4 rings (SSSR count). The number of amides is 3. The van der Waals surface area contributed by atoms with Crippen LogP contribution in [0.5, 0.6) is 0 Å². The highest BCUT2D eigenvalue weighted by molar-refractivity contribution is 7.09. The first-order valence-corrected chi connectivity index (χ1v) is 14.2. The van der Waals surface area contributed by atoms with E-state index < -0.39 is 12.1 Å². The summed E-state index contributed by atoms with van der Waals surface area (Å²) in [6.07, 6.45) is 6.69. The summed E-state index contributed by atoms with van der Waals surface area (Å²) in [6.45, 7) is 2.77. The van der Waals surface area contributed by atoms with Crippen molar-refractivity contribution in [3.8, 4) is 0 Å². The molecule has 3 heterocycles. The van der Waals surface area contributed by atoms with Gasteiger partial charge in [-0.15, -0.1) is 11.3 Å². The molecule has 1 aromatic heterocycles. The quantitative estimate of drug-likeness (QED) is 0.575. The lowest BCUT2D eigenvalue weighted by atomic mass is 9.84. The number of nitrogens with one attached hydrogen (secondary N) is 1. The van der Waals surface area contributed by atoms with Gasteiger partial charge >= 0.3 is 6.09 Å². The molecule has 3 fully saturated rings. The minimum atomic E-state index is -1.05. The average molecular weight is 520 g/mol. The Kier molecular flexibility index (Phi) is 9.25. The van der Waals surface area contributed by atoms with Gasteiger partial charge in [-0.25, -0.2) is 4.79 Å². The van der Waals surface area contributed by atoms with Crippen LogP contribution in [0.4, 0.5) is 4.79 Å². The van der Waals surface area contributed by atoms with Gasteiger partial charge in [0, 0.05) is 24.0 Å². The van der Waals surface area contributed by atoms with Crippen LogP contribution in [-0.4, -0.2) is 108 Å². The van der Waals surface area contributed by atoms with Gasteiger partial charge in [-0.05, 0) is 70.2 Å². The van der Waals surface area contributed by atoms with Gasteiger partial charge in [0.25, 0.3) is 0 Å². The van der Waals surface area contributed by atoms with Crippen LogP contribution in [0.15, 0.2) is 17.5 Å². The number of nitrogens with zero attached hydrogens (tertiary/aromatic N) is 4. The molecule has 2 aliphatic heterocycles. The monoisotopic (exact) mass is 519 g/mol. The summed E-state index contributed by atoms with van der Waals surface area (Å²) in [5.41, 5.74) is 0. The van der Waals surface area contributed by atoms with Crippen molar-refractivity contribution in [2.24, 2.45) is 5.92 Å². The minimum Gasteiger partial charge on any atom is -0.465 e. The van der Waals surface area contributed by atoms with E-state index in [9.17, 15) is 19.5 Å². The lowest BCUT2D eigenvalue weighted by Crippen LogP contribution is -2.65. The summed E-state index contributed by atoms with van der Waals surface area (Å²) in [4.78, 5) is 48.0. The number of thiophene rings is 1. The van der Waals surface area contributed by atoms with Gasteiger partial charge in [0.05, 0.1) is 19.1 Å². The number of hydrogen-bond donors (Lipinski definition) is 2. The first-order valence-electron chi connectivity index (χ1n) is 13.3. The zero-order valence-corrected chi connectivity index (χ0v) is 22.4. The molecule has 10 heteroatoms. The van der Waals surface area contributed by atoms with Gasteiger partial charge in [0.2, 0.25) is 11.8 Å². The number of carboxylic acid groups (broad SMARTS) is 1. The summed E-state index contributed by atoms with van der Waals surface area (Å²) in [7, 11) is 4.22. The second-order valence-electron chi connectivity index (χ2n) is 10.6. The van der Waals surface area contributed by atoms with Gasteiger partial charge in [-0.1, -0.05) is 25.3 Å². The maximum absolute atomic E-state index is 14.3. The van der Waals surface area contributed by atoms with E-state index >= 15 is 0 Å². The van der Waals surface area contributed by atoms with E-state index in [1.807, 2.05) is 17.5 Å². The molecule has 0 radical (unpaired) electrons. The van der Waals surface area contributed by atoms with Crippen LogP contribution in [0.1, 0.15) is 49.8 Å². The van der Waals surface area contributed by atoms with Gasteiger partial charge < -0.3 is 25.1 Å². The van der Waals surface area contributed by atoms with Crippen LogP contribution in [0, 0.1) is 5.92 Å². The molecule has 0 aromatic carbocycles. The topological polar surface area (TPSA) is 96.4 Å². The fraction of sp³-hybridized carbons (Fsp3) is 0.731. The number of carbonyl (C=O) groups is 3. The maximum atomic E-state index is 14.3. The van der Waals surface area contributed by atoms with Crippen molar-refractivity contribution in [3.05, 3.63) is 22.4 Å². The smallest absolute Gasteiger partial charge is 0.407 e. The molecule has 3 aliphatic rings. The number of likely N-dealkylation sites (N-methyl/N-ethyl adjacent to an activating group) is 1. The molecule has 1 aliphatic carbocycles. The van der Waals surface area contributed by atoms with Crippen molar-refractivity contribution < 1.29 is 19.5 Å². The fourth-order valence-corrected chi connectivity index (χ4v) is 6.73. The Bertz CT molecular complexity index is 883. The summed E-state index contributed by atoms with van der Waals surface area (Å²) in [6, 6.07) is 3.15. The molecule has 2 atom stereocenters. The minimum absolute atomic E-state index is 0.00458. The summed E-state index contributed by atoms with van der Waals surface area (Å²) < 4.78 is 0. The van der Waals surface area contributed by atoms with Crippen molar-refractivity contribution >= 4 is 29.2 Å². The zero-order valence-electron chi connectivity index (χ0n) is 21.6. The molecule has 0 bridgehead atoms. The predicted octanol–water partition coefficient (Wildman–Crippen LogP) is 2.53. The zero-order chi connectivity index (χ0) is 25.7. The molecule has 1 unspecified atom stereocenters. The van der Waals surface area contributed by atoms with Crippen LogP contribution in [0.2, 0.25) is 0 Å². The highest BCUT2D eigenvalue weighted by Gasteiger charge is 2.44. The molecule has 1 saturated carbocycles. The largest absolute Gasteiger partial charge is 0.465 e. The number of likely N-dealkylation sites (tertiary alicyclic amines) is 1. The van der Waals surface area contributed by atoms with Crippen LogP contribution >= 0.6 is 11.3 Å². The average Bonchev–Trinajstić information content (AvgIpc) is 3.42. The predicted molar refractivity (Wildman–Crippen MR) is 140 cm³/mol. The SMILES string of the molecule is CN1CCC(C(C(=O)N2CCN(C(=O)O)C[C@H]2C(=O)NCc2cccs2)N(C)C2CCCCC2)CC1. The number of piperazine rings is 1. The van der Waals surface area contributed by atoms with E-state index in [-0.39, 0.29) is 43.4 Å².